The van der Waals surface area contributed by atoms with Crippen LogP contribution in [-0.2, 0) is 11.2 Å². The van der Waals surface area contributed by atoms with Crippen LogP contribution in [0.5, 0.6) is 0 Å². The van der Waals surface area contributed by atoms with Gasteiger partial charge in [-0.05, 0) is 19.0 Å². The van der Waals surface area contributed by atoms with Gasteiger partial charge in [-0.1, -0.05) is 83.1 Å². The second-order valence-corrected chi connectivity index (χ2v) is 5.22. The molecule has 184 valence electrons. The highest BCUT2D eigenvalue weighted by Crippen LogP contribution is 1.93. The van der Waals surface area contributed by atoms with Crippen LogP contribution in [0.2, 0.25) is 0 Å². The van der Waals surface area contributed by atoms with Gasteiger partial charge in [0.1, 0.15) is 5.82 Å². The first-order chi connectivity index (χ1) is 14.4. The summed E-state index contributed by atoms with van der Waals surface area (Å²) in [5, 5.41) is 8.51. The Morgan fingerprint density at radius 1 is 1.00 bits per heavy atom. The lowest BCUT2D eigenvalue weighted by atomic mass is 10.2. The van der Waals surface area contributed by atoms with Crippen molar-refractivity contribution >= 4 is 5.91 Å². The second kappa shape index (κ2) is 45.9. The Labute approximate surface area is 189 Å². The molecule has 0 atom stereocenters. The maximum Gasteiger partial charge on any atom is 0.217 e. The molecule has 0 fully saturated rings. The Morgan fingerprint density at radius 3 is 1.57 bits per heavy atom. The zero-order valence-electron chi connectivity index (χ0n) is 22.6. The van der Waals surface area contributed by atoms with Crippen LogP contribution in [-0.4, -0.2) is 52.6 Å². The van der Waals surface area contributed by atoms with E-state index in [-0.39, 0.29) is 12.5 Å². The number of nitrogens with zero attached hydrogens (tertiary/aromatic N) is 3. The molecular formula is C24H56N4O2. The summed E-state index contributed by atoms with van der Waals surface area (Å²) in [7, 11) is 2.02. The molecule has 0 aliphatic carbocycles. The van der Waals surface area contributed by atoms with Gasteiger partial charge < -0.3 is 15.7 Å². The van der Waals surface area contributed by atoms with Crippen molar-refractivity contribution in [3.8, 4) is 0 Å². The molecule has 0 spiro atoms. The SMILES string of the molecule is CC.CC.CC.CC.CC(C)CN(C)CCO.CCC(N)=O.CCc1ncccn1. The number of nitrogens with two attached hydrogens (primary N) is 1. The van der Waals surface area contributed by atoms with Crippen molar-refractivity contribution in [1.29, 1.82) is 0 Å². The van der Waals surface area contributed by atoms with Gasteiger partial charge in [-0.15, -0.1) is 0 Å². The number of aliphatic hydroxyl groups is 1. The Hall–Kier alpha value is -1.53. The molecule has 0 aromatic carbocycles. The minimum Gasteiger partial charge on any atom is -0.395 e. The second-order valence-electron chi connectivity index (χ2n) is 5.22. The predicted octanol–water partition coefficient (Wildman–Crippen LogP) is 5.59. The number of carbonyl (C=O) groups is 1. The van der Waals surface area contributed by atoms with E-state index in [2.05, 4.69) is 34.4 Å². The van der Waals surface area contributed by atoms with Crippen molar-refractivity contribution in [2.45, 2.75) is 95.9 Å². The number of rotatable bonds is 6. The molecule has 1 amide bonds. The number of aryl methyl sites for hydroxylation is 1. The summed E-state index contributed by atoms with van der Waals surface area (Å²) in [5.41, 5.74) is 4.65. The van der Waals surface area contributed by atoms with Gasteiger partial charge in [-0.25, -0.2) is 9.97 Å². The molecule has 6 heteroatoms. The van der Waals surface area contributed by atoms with Gasteiger partial charge in [0.25, 0.3) is 0 Å². The first-order valence-electron chi connectivity index (χ1n) is 11.7. The number of hydrogen-bond donors (Lipinski definition) is 2. The van der Waals surface area contributed by atoms with Crippen LogP contribution in [0.3, 0.4) is 0 Å². The number of carbonyl (C=O) groups excluding carboxylic acids is 1. The number of likely N-dealkylation sites (N-methyl/N-ethyl adjacent to an activating group) is 1. The lowest BCUT2D eigenvalue weighted by molar-refractivity contribution is -0.117. The Morgan fingerprint density at radius 2 is 1.37 bits per heavy atom. The van der Waals surface area contributed by atoms with Gasteiger partial charge in [0.15, 0.2) is 0 Å². The van der Waals surface area contributed by atoms with Gasteiger partial charge in [-0.3, -0.25) is 4.79 Å². The Bertz CT molecular complexity index is 361. The van der Waals surface area contributed by atoms with Crippen LogP contribution >= 0.6 is 0 Å². The minimum atomic E-state index is -0.245. The van der Waals surface area contributed by atoms with Crippen LogP contribution in [0.4, 0.5) is 0 Å². The zero-order valence-corrected chi connectivity index (χ0v) is 22.6. The van der Waals surface area contributed by atoms with Crippen molar-refractivity contribution in [3.63, 3.8) is 0 Å². The normalized spacial score (nSPS) is 7.87. The van der Waals surface area contributed by atoms with Gasteiger partial charge >= 0.3 is 0 Å². The number of hydrogen-bond acceptors (Lipinski definition) is 5. The van der Waals surface area contributed by atoms with Crippen molar-refractivity contribution in [1.82, 2.24) is 14.9 Å². The molecule has 0 bridgehead atoms. The molecule has 0 aliphatic rings. The Balaban J connectivity index is -0.0000000628. The fourth-order valence-electron chi connectivity index (χ4n) is 1.40. The molecule has 30 heavy (non-hydrogen) atoms. The van der Waals surface area contributed by atoms with E-state index in [0.717, 1.165) is 25.3 Å². The van der Waals surface area contributed by atoms with E-state index in [1.807, 2.05) is 75.4 Å². The third-order valence-corrected chi connectivity index (χ3v) is 2.44. The maximum absolute atomic E-state index is 9.59. The zero-order chi connectivity index (χ0) is 25.4. The summed E-state index contributed by atoms with van der Waals surface area (Å²) >= 11 is 0. The molecule has 3 N–H and O–H groups in total. The molecule has 1 aromatic heterocycles. The van der Waals surface area contributed by atoms with E-state index in [0.29, 0.717) is 12.3 Å². The van der Waals surface area contributed by atoms with Gasteiger partial charge in [-0.2, -0.15) is 0 Å². The molecule has 0 radical (unpaired) electrons. The van der Waals surface area contributed by atoms with Crippen molar-refractivity contribution in [2.24, 2.45) is 11.7 Å². The molecule has 6 nitrogen and oxygen atoms in total. The van der Waals surface area contributed by atoms with Crippen molar-refractivity contribution < 1.29 is 9.90 Å². The number of amides is 1. The molecule has 0 saturated heterocycles. The molecular weight excluding hydrogens is 376 g/mol. The highest BCUT2D eigenvalue weighted by molar-refractivity contribution is 5.73. The summed E-state index contributed by atoms with van der Waals surface area (Å²) in [5.74, 6) is 1.36. The minimum absolute atomic E-state index is 0.245. The summed E-state index contributed by atoms with van der Waals surface area (Å²) in [6.45, 7) is 26.2. The summed E-state index contributed by atoms with van der Waals surface area (Å²) in [4.78, 5) is 19.7. The standard InChI is InChI=1S/C7H17NO.C6H8N2.C3H7NO.4C2H6/c1-7(2)6-8(3)4-5-9;1-2-6-7-4-3-5-8-6;1-2-3(4)5;4*1-2/h7,9H,4-6H2,1-3H3;3-5H,2H2,1H3;2H2,1H3,(H2,4,5);4*1-2H3. The van der Waals surface area contributed by atoms with Crippen molar-refractivity contribution in [2.75, 3.05) is 26.7 Å². The highest BCUT2D eigenvalue weighted by Gasteiger charge is 1.98. The quantitative estimate of drug-likeness (QED) is 0.611. The van der Waals surface area contributed by atoms with E-state index in [1.54, 1.807) is 19.3 Å². The first kappa shape index (κ1) is 42.5. The van der Waals surface area contributed by atoms with Crippen LogP contribution in [0, 0.1) is 5.92 Å². The number of aliphatic hydroxyl groups excluding tert-OH is 1. The molecule has 0 unspecified atom stereocenters. The molecule has 0 aliphatic heterocycles. The highest BCUT2D eigenvalue weighted by atomic mass is 16.3. The van der Waals surface area contributed by atoms with E-state index in [1.165, 1.54) is 0 Å². The molecule has 1 heterocycles. The van der Waals surface area contributed by atoms with Crippen LogP contribution in [0.25, 0.3) is 0 Å². The average molecular weight is 433 g/mol. The summed E-state index contributed by atoms with van der Waals surface area (Å²) in [6.07, 6.45) is 4.87. The summed E-state index contributed by atoms with van der Waals surface area (Å²) < 4.78 is 0. The largest absolute Gasteiger partial charge is 0.395 e. The van der Waals surface area contributed by atoms with E-state index in [4.69, 9.17) is 5.11 Å². The number of aromatic nitrogens is 2. The smallest absolute Gasteiger partial charge is 0.217 e. The topological polar surface area (TPSA) is 92.3 Å². The van der Waals surface area contributed by atoms with Crippen LogP contribution < -0.4 is 5.73 Å². The van der Waals surface area contributed by atoms with Gasteiger partial charge in [0.05, 0.1) is 6.61 Å². The van der Waals surface area contributed by atoms with E-state index < -0.39 is 0 Å². The predicted molar refractivity (Wildman–Crippen MR) is 136 cm³/mol. The van der Waals surface area contributed by atoms with Crippen LogP contribution in [0.1, 0.15) is 95.3 Å². The third kappa shape index (κ3) is 56.3. The van der Waals surface area contributed by atoms with Gasteiger partial charge in [0, 0.05) is 38.3 Å². The average Bonchev–Trinajstić information content (AvgIpc) is 2.80. The lowest BCUT2D eigenvalue weighted by Crippen LogP contribution is -2.26. The molecule has 0 saturated carbocycles. The van der Waals surface area contributed by atoms with Crippen LogP contribution in [0.15, 0.2) is 18.5 Å². The monoisotopic (exact) mass is 432 g/mol. The molecule has 1 aromatic rings. The Kier molecular flexibility index (Phi) is 65.1. The van der Waals surface area contributed by atoms with Gasteiger partial charge in [0.2, 0.25) is 5.91 Å². The summed E-state index contributed by atoms with van der Waals surface area (Å²) in [6, 6.07) is 1.82. The third-order valence-electron chi connectivity index (χ3n) is 2.44. The van der Waals surface area contributed by atoms with E-state index >= 15 is 0 Å². The van der Waals surface area contributed by atoms with E-state index in [9.17, 15) is 4.79 Å². The maximum atomic E-state index is 9.59. The fraction of sp³-hybridized carbons (Fsp3) is 0.792. The number of primary amides is 1. The lowest BCUT2D eigenvalue weighted by Gasteiger charge is -2.16. The molecule has 1 rings (SSSR count). The fourth-order valence-corrected chi connectivity index (χ4v) is 1.40. The first-order valence-corrected chi connectivity index (χ1v) is 11.7. The van der Waals surface area contributed by atoms with Crippen molar-refractivity contribution in [3.05, 3.63) is 24.3 Å².